The van der Waals surface area contributed by atoms with Crippen LogP contribution >= 0.6 is 0 Å². The Morgan fingerprint density at radius 1 is 1.41 bits per heavy atom. The van der Waals surface area contributed by atoms with Gasteiger partial charge in [-0.3, -0.25) is 0 Å². The molecule has 94 valence electrons. The molecule has 2 rings (SSSR count). The van der Waals surface area contributed by atoms with Crippen LogP contribution in [0.3, 0.4) is 0 Å². The van der Waals surface area contributed by atoms with Crippen LogP contribution in [0.15, 0.2) is 18.3 Å². The zero-order valence-electron chi connectivity index (χ0n) is 11.0. The van der Waals surface area contributed by atoms with Crippen molar-refractivity contribution >= 4 is 5.82 Å². The predicted molar refractivity (Wildman–Crippen MR) is 72.8 cm³/mol. The Kier molecular flexibility index (Phi) is 4.03. The first kappa shape index (κ1) is 12.4. The molecule has 1 fully saturated rings. The molecule has 2 heteroatoms. The lowest BCUT2D eigenvalue weighted by Gasteiger charge is -2.29. The van der Waals surface area contributed by atoms with Crippen molar-refractivity contribution in [1.82, 2.24) is 4.98 Å². The maximum Gasteiger partial charge on any atom is 0.126 e. The number of aromatic nitrogens is 1. The number of hydrogen-bond donors (Lipinski definition) is 1. The summed E-state index contributed by atoms with van der Waals surface area (Å²) in [6.45, 7) is 4.58. The summed E-state index contributed by atoms with van der Waals surface area (Å²) in [4.78, 5) is 4.22. The molecule has 0 aliphatic heterocycles. The van der Waals surface area contributed by atoms with Crippen molar-refractivity contribution in [2.24, 2.45) is 11.8 Å². The highest BCUT2D eigenvalue weighted by molar-refractivity contribution is 5.41. The highest BCUT2D eigenvalue weighted by atomic mass is 14.8. The van der Waals surface area contributed by atoms with Gasteiger partial charge in [0.25, 0.3) is 0 Å². The number of nitrogens with two attached hydrogens (primary N) is 1. The number of pyridine rings is 1. The summed E-state index contributed by atoms with van der Waals surface area (Å²) in [5, 5.41) is 0. The zero-order chi connectivity index (χ0) is 12.3. The number of hydrogen-bond acceptors (Lipinski definition) is 2. The highest BCUT2D eigenvalue weighted by Gasteiger charge is 2.23. The maximum atomic E-state index is 6.00. The molecule has 2 nitrogen and oxygen atoms in total. The van der Waals surface area contributed by atoms with Crippen molar-refractivity contribution in [3.8, 4) is 0 Å². The summed E-state index contributed by atoms with van der Waals surface area (Å²) in [5.74, 6) is 2.92. The van der Waals surface area contributed by atoms with E-state index in [0.29, 0.717) is 11.8 Å². The lowest BCUT2D eigenvalue weighted by molar-refractivity contribution is 0.272. The van der Waals surface area contributed by atoms with Gasteiger partial charge in [-0.1, -0.05) is 39.2 Å². The van der Waals surface area contributed by atoms with Crippen LogP contribution in [0, 0.1) is 11.8 Å². The van der Waals surface area contributed by atoms with Crippen LogP contribution in [-0.4, -0.2) is 4.98 Å². The second-order valence-corrected chi connectivity index (χ2v) is 5.70. The van der Waals surface area contributed by atoms with Gasteiger partial charge in [-0.15, -0.1) is 0 Å². The molecule has 0 bridgehead atoms. The molecule has 1 heterocycles. The minimum atomic E-state index is 0.573. The quantitative estimate of drug-likeness (QED) is 0.834. The maximum absolute atomic E-state index is 6.00. The Labute approximate surface area is 105 Å². The zero-order valence-corrected chi connectivity index (χ0v) is 11.0. The van der Waals surface area contributed by atoms with E-state index in [9.17, 15) is 0 Å². The summed E-state index contributed by atoms with van der Waals surface area (Å²) in [5.41, 5.74) is 7.25. The fourth-order valence-corrected chi connectivity index (χ4v) is 2.79. The van der Waals surface area contributed by atoms with Gasteiger partial charge in [-0.2, -0.15) is 0 Å². The molecular formula is C15H24N2. The Bertz CT molecular complexity index is 356. The van der Waals surface area contributed by atoms with Gasteiger partial charge in [-0.05, 0) is 42.2 Å². The molecule has 0 unspecified atom stereocenters. The smallest absolute Gasteiger partial charge is 0.126 e. The van der Waals surface area contributed by atoms with Crippen LogP contribution in [0.1, 0.15) is 57.4 Å². The van der Waals surface area contributed by atoms with Crippen LogP contribution in [0.5, 0.6) is 0 Å². The van der Waals surface area contributed by atoms with Gasteiger partial charge < -0.3 is 5.73 Å². The molecule has 1 aromatic rings. The molecule has 0 saturated heterocycles. The first-order valence-corrected chi connectivity index (χ1v) is 6.89. The van der Waals surface area contributed by atoms with Crippen molar-refractivity contribution < 1.29 is 0 Å². The van der Waals surface area contributed by atoms with Crippen molar-refractivity contribution in [2.75, 3.05) is 5.73 Å². The Morgan fingerprint density at radius 2 is 2.18 bits per heavy atom. The molecule has 0 aromatic carbocycles. The first-order chi connectivity index (χ1) is 8.18. The number of anilines is 1. The van der Waals surface area contributed by atoms with E-state index in [1.54, 1.807) is 6.20 Å². The lowest BCUT2D eigenvalue weighted by atomic mass is 9.77. The van der Waals surface area contributed by atoms with Crippen LogP contribution in [0.25, 0.3) is 0 Å². The van der Waals surface area contributed by atoms with E-state index in [2.05, 4.69) is 24.9 Å². The fourth-order valence-electron chi connectivity index (χ4n) is 2.79. The number of nitrogen functional groups attached to an aromatic ring is 1. The van der Waals surface area contributed by atoms with E-state index in [4.69, 9.17) is 5.73 Å². The molecule has 0 radical (unpaired) electrons. The topological polar surface area (TPSA) is 38.9 Å². The lowest BCUT2D eigenvalue weighted by Crippen LogP contribution is -2.15. The summed E-state index contributed by atoms with van der Waals surface area (Å²) in [6.07, 6.45) is 8.71. The van der Waals surface area contributed by atoms with Crippen molar-refractivity contribution in [3.63, 3.8) is 0 Å². The van der Waals surface area contributed by atoms with E-state index >= 15 is 0 Å². The minimum absolute atomic E-state index is 0.573. The molecule has 1 aromatic heterocycles. The van der Waals surface area contributed by atoms with E-state index in [1.165, 1.54) is 37.7 Å². The summed E-state index contributed by atoms with van der Waals surface area (Å²) >= 11 is 0. The van der Waals surface area contributed by atoms with E-state index in [1.807, 2.05) is 6.07 Å². The highest BCUT2D eigenvalue weighted by Crippen LogP contribution is 2.37. The van der Waals surface area contributed by atoms with Crippen molar-refractivity contribution in [1.29, 1.82) is 0 Å². The minimum Gasteiger partial charge on any atom is -0.383 e. The van der Waals surface area contributed by atoms with Crippen LogP contribution in [0.2, 0.25) is 0 Å². The molecule has 1 aliphatic carbocycles. The Balaban J connectivity index is 2.03. The second-order valence-electron chi connectivity index (χ2n) is 5.70. The molecule has 0 amide bonds. The summed E-state index contributed by atoms with van der Waals surface area (Å²) in [7, 11) is 0. The van der Waals surface area contributed by atoms with Gasteiger partial charge in [0, 0.05) is 6.20 Å². The third kappa shape index (κ3) is 2.99. The molecule has 2 N–H and O–H groups in total. The van der Waals surface area contributed by atoms with Gasteiger partial charge in [0.05, 0.1) is 0 Å². The fraction of sp³-hybridized carbons (Fsp3) is 0.667. The van der Waals surface area contributed by atoms with Gasteiger partial charge in [0.15, 0.2) is 0 Å². The molecule has 0 spiro atoms. The van der Waals surface area contributed by atoms with Crippen molar-refractivity contribution in [2.45, 2.75) is 51.9 Å². The molecule has 1 saturated carbocycles. The third-order valence-corrected chi connectivity index (χ3v) is 4.19. The Hall–Kier alpha value is -1.05. The third-order valence-electron chi connectivity index (χ3n) is 4.19. The average molecular weight is 232 g/mol. The SMILES string of the molecule is CC(C)[C@H](CCC1CCC1)c1cccnc1N. The standard InChI is InChI=1S/C15H24N2/c1-11(2)13(9-8-12-5-3-6-12)14-7-4-10-17-15(14)16/h4,7,10-13H,3,5-6,8-9H2,1-2H3,(H2,16,17)/t13-/m0/s1. The second kappa shape index (κ2) is 5.52. The van der Waals surface area contributed by atoms with Gasteiger partial charge in [0.1, 0.15) is 5.82 Å². The Morgan fingerprint density at radius 3 is 2.71 bits per heavy atom. The van der Waals surface area contributed by atoms with Crippen LogP contribution in [0.4, 0.5) is 5.82 Å². The molecule has 1 aliphatic rings. The molecule has 1 atom stereocenters. The van der Waals surface area contributed by atoms with Crippen LogP contribution in [-0.2, 0) is 0 Å². The average Bonchev–Trinajstić information content (AvgIpc) is 2.23. The van der Waals surface area contributed by atoms with E-state index in [-0.39, 0.29) is 0 Å². The number of rotatable bonds is 5. The van der Waals surface area contributed by atoms with E-state index < -0.39 is 0 Å². The first-order valence-electron chi connectivity index (χ1n) is 6.89. The molecular weight excluding hydrogens is 208 g/mol. The normalized spacial score (nSPS) is 18.1. The number of nitrogens with zero attached hydrogens (tertiary/aromatic N) is 1. The molecule has 17 heavy (non-hydrogen) atoms. The van der Waals surface area contributed by atoms with Gasteiger partial charge >= 0.3 is 0 Å². The van der Waals surface area contributed by atoms with Crippen molar-refractivity contribution in [3.05, 3.63) is 23.9 Å². The monoisotopic (exact) mass is 232 g/mol. The van der Waals surface area contributed by atoms with E-state index in [0.717, 1.165) is 11.7 Å². The largest absolute Gasteiger partial charge is 0.383 e. The van der Waals surface area contributed by atoms with Crippen LogP contribution < -0.4 is 5.73 Å². The summed E-state index contributed by atoms with van der Waals surface area (Å²) in [6, 6.07) is 4.15. The summed E-state index contributed by atoms with van der Waals surface area (Å²) < 4.78 is 0. The predicted octanol–water partition coefficient (Wildman–Crippen LogP) is 3.98. The van der Waals surface area contributed by atoms with Gasteiger partial charge in [-0.25, -0.2) is 4.98 Å². The van der Waals surface area contributed by atoms with Gasteiger partial charge in [0.2, 0.25) is 0 Å².